The van der Waals surface area contributed by atoms with Crippen LogP contribution in [0.3, 0.4) is 0 Å². The van der Waals surface area contributed by atoms with E-state index in [2.05, 4.69) is 15.9 Å². The van der Waals surface area contributed by atoms with Gasteiger partial charge in [-0.05, 0) is 52.7 Å². The molecule has 0 N–H and O–H groups in total. The highest BCUT2D eigenvalue weighted by Crippen LogP contribution is 2.43. The fraction of sp³-hybridized carbons (Fsp3) is 0.300. The number of carbonyl (C=O) groups is 2. The summed E-state index contributed by atoms with van der Waals surface area (Å²) in [6.45, 7) is 1.84. The molecule has 1 amide bonds. The van der Waals surface area contributed by atoms with E-state index in [0.717, 1.165) is 12.1 Å². The minimum atomic E-state index is -4.45. The standard InChI is InChI=1S/C20H17BrF3NO3S/c1-2-28-19(27)16-11-29-18(12-7-9-13(10-8-12)20(22,23)24)25(16)17(26)14-5-3-4-6-15(14)21/h3-10,16,18H,2,11H2,1H3. The molecule has 9 heteroatoms. The molecule has 154 valence electrons. The van der Waals surface area contributed by atoms with Crippen molar-refractivity contribution in [2.75, 3.05) is 12.4 Å². The van der Waals surface area contributed by atoms with Gasteiger partial charge in [-0.1, -0.05) is 24.3 Å². The van der Waals surface area contributed by atoms with Crippen molar-refractivity contribution < 1.29 is 27.5 Å². The van der Waals surface area contributed by atoms with Gasteiger partial charge in [-0.25, -0.2) is 4.79 Å². The molecule has 4 nitrogen and oxygen atoms in total. The zero-order valence-corrected chi connectivity index (χ0v) is 17.7. The Labute approximate surface area is 178 Å². The quantitative estimate of drug-likeness (QED) is 0.549. The maximum atomic E-state index is 13.3. The molecule has 0 aliphatic carbocycles. The van der Waals surface area contributed by atoms with E-state index >= 15 is 0 Å². The Morgan fingerprint density at radius 1 is 1.17 bits per heavy atom. The first-order chi connectivity index (χ1) is 13.7. The molecule has 0 bridgehead atoms. The number of thioether (sulfide) groups is 1. The Kier molecular flexibility index (Phi) is 6.58. The van der Waals surface area contributed by atoms with E-state index in [0.29, 0.717) is 21.4 Å². The molecular formula is C20H17BrF3NO3S. The van der Waals surface area contributed by atoms with Crippen molar-refractivity contribution in [2.24, 2.45) is 0 Å². The lowest BCUT2D eigenvalue weighted by atomic mass is 10.1. The third kappa shape index (κ3) is 4.61. The summed E-state index contributed by atoms with van der Waals surface area (Å²) >= 11 is 4.66. The van der Waals surface area contributed by atoms with E-state index in [1.165, 1.54) is 28.8 Å². The van der Waals surface area contributed by atoms with Crippen molar-refractivity contribution in [1.82, 2.24) is 4.90 Å². The Morgan fingerprint density at radius 3 is 2.41 bits per heavy atom. The molecule has 2 aromatic carbocycles. The van der Waals surface area contributed by atoms with Gasteiger partial charge in [-0.15, -0.1) is 11.8 Å². The van der Waals surface area contributed by atoms with Gasteiger partial charge in [0.2, 0.25) is 0 Å². The van der Waals surface area contributed by atoms with Crippen LogP contribution in [0.1, 0.15) is 33.8 Å². The maximum absolute atomic E-state index is 13.3. The molecule has 0 aromatic heterocycles. The number of amides is 1. The zero-order chi connectivity index (χ0) is 21.2. The van der Waals surface area contributed by atoms with Crippen LogP contribution >= 0.6 is 27.7 Å². The molecule has 3 rings (SSSR count). The topological polar surface area (TPSA) is 46.6 Å². The maximum Gasteiger partial charge on any atom is 0.416 e. The molecule has 0 spiro atoms. The number of carbonyl (C=O) groups excluding carboxylic acids is 2. The minimum Gasteiger partial charge on any atom is -0.464 e. The molecule has 1 heterocycles. The smallest absolute Gasteiger partial charge is 0.416 e. The van der Waals surface area contributed by atoms with Gasteiger partial charge in [-0.2, -0.15) is 13.2 Å². The third-order valence-corrected chi connectivity index (χ3v) is 6.44. The Balaban J connectivity index is 1.98. The highest BCUT2D eigenvalue weighted by Gasteiger charge is 2.44. The van der Waals surface area contributed by atoms with Crippen molar-refractivity contribution in [1.29, 1.82) is 0 Å². The lowest BCUT2D eigenvalue weighted by Gasteiger charge is -2.29. The van der Waals surface area contributed by atoms with Gasteiger partial charge in [-0.3, -0.25) is 4.79 Å². The van der Waals surface area contributed by atoms with Gasteiger partial charge in [0.25, 0.3) is 5.91 Å². The summed E-state index contributed by atoms with van der Waals surface area (Å²) in [4.78, 5) is 27.1. The SMILES string of the molecule is CCOC(=O)C1CSC(c2ccc(C(F)(F)F)cc2)N1C(=O)c1ccccc1Br. The highest BCUT2D eigenvalue weighted by atomic mass is 79.9. The average Bonchev–Trinajstić information content (AvgIpc) is 3.12. The van der Waals surface area contributed by atoms with Crippen LogP contribution in [0.5, 0.6) is 0 Å². The van der Waals surface area contributed by atoms with Crippen LogP contribution in [-0.2, 0) is 15.7 Å². The molecule has 1 saturated heterocycles. The highest BCUT2D eigenvalue weighted by molar-refractivity contribution is 9.10. The minimum absolute atomic E-state index is 0.169. The van der Waals surface area contributed by atoms with Gasteiger partial charge >= 0.3 is 12.1 Å². The molecule has 0 radical (unpaired) electrons. The van der Waals surface area contributed by atoms with Crippen LogP contribution < -0.4 is 0 Å². The lowest BCUT2D eigenvalue weighted by Crippen LogP contribution is -2.44. The van der Waals surface area contributed by atoms with Gasteiger partial charge in [0.1, 0.15) is 11.4 Å². The van der Waals surface area contributed by atoms with Crippen molar-refractivity contribution in [3.8, 4) is 0 Å². The molecule has 2 unspecified atom stereocenters. The molecule has 2 atom stereocenters. The number of benzene rings is 2. The number of hydrogen-bond donors (Lipinski definition) is 0. The number of ether oxygens (including phenoxy) is 1. The van der Waals surface area contributed by atoms with Crippen molar-refractivity contribution >= 4 is 39.6 Å². The van der Waals surface area contributed by atoms with E-state index in [-0.39, 0.29) is 6.61 Å². The van der Waals surface area contributed by atoms with E-state index in [9.17, 15) is 22.8 Å². The van der Waals surface area contributed by atoms with Crippen molar-refractivity contribution in [3.63, 3.8) is 0 Å². The molecule has 1 fully saturated rings. The van der Waals surface area contributed by atoms with Gasteiger partial charge in [0.15, 0.2) is 0 Å². The van der Waals surface area contributed by atoms with E-state index in [1.54, 1.807) is 31.2 Å². The normalized spacial score (nSPS) is 19.3. The first-order valence-corrected chi connectivity index (χ1v) is 10.6. The van der Waals surface area contributed by atoms with Gasteiger partial charge in [0.05, 0.1) is 17.7 Å². The largest absolute Gasteiger partial charge is 0.464 e. The second-order valence-corrected chi connectivity index (χ2v) is 8.23. The summed E-state index contributed by atoms with van der Waals surface area (Å²) in [5.74, 6) is -0.638. The van der Waals surface area contributed by atoms with Crippen LogP contribution in [-0.4, -0.2) is 35.2 Å². The lowest BCUT2D eigenvalue weighted by molar-refractivity contribution is -0.147. The summed E-state index contributed by atoms with van der Waals surface area (Å²) in [6, 6.07) is 10.6. The van der Waals surface area contributed by atoms with E-state index in [1.807, 2.05) is 0 Å². The second-order valence-electron chi connectivity index (χ2n) is 6.27. The van der Waals surface area contributed by atoms with Crippen LogP contribution in [0.2, 0.25) is 0 Å². The van der Waals surface area contributed by atoms with Crippen molar-refractivity contribution in [3.05, 3.63) is 69.7 Å². The number of halogens is 4. The second kappa shape index (κ2) is 8.79. The number of nitrogens with zero attached hydrogens (tertiary/aromatic N) is 1. The Bertz CT molecular complexity index is 905. The summed E-state index contributed by atoms with van der Waals surface area (Å²) in [5.41, 5.74) is 0.103. The summed E-state index contributed by atoms with van der Waals surface area (Å²) in [7, 11) is 0. The number of hydrogen-bond acceptors (Lipinski definition) is 4. The van der Waals surface area contributed by atoms with Crippen LogP contribution in [0.25, 0.3) is 0 Å². The van der Waals surface area contributed by atoms with Crippen LogP contribution in [0, 0.1) is 0 Å². The molecule has 1 aliphatic heterocycles. The van der Waals surface area contributed by atoms with Crippen molar-refractivity contribution in [2.45, 2.75) is 24.5 Å². The monoisotopic (exact) mass is 487 g/mol. The number of rotatable bonds is 4. The van der Waals surface area contributed by atoms with E-state index < -0.39 is 35.0 Å². The Morgan fingerprint density at radius 2 is 1.83 bits per heavy atom. The summed E-state index contributed by atoms with van der Waals surface area (Å²) in [5, 5.41) is -0.605. The zero-order valence-electron chi connectivity index (χ0n) is 15.3. The average molecular weight is 488 g/mol. The molecule has 0 saturated carbocycles. The van der Waals surface area contributed by atoms with Crippen LogP contribution in [0.4, 0.5) is 13.2 Å². The van der Waals surface area contributed by atoms with E-state index in [4.69, 9.17) is 4.74 Å². The van der Waals surface area contributed by atoms with Gasteiger partial charge < -0.3 is 9.64 Å². The fourth-order valence-electron chi connectivity index (χ4n) is 3.04. The predicted octanol–water partition coefficient (Wildman–Crippen LogP) is 5.29. The third-order valence-electron chi connectivity index (χ3n) is 4.42. The number of alkyl halides is 3. The summed E-state index contributed by atoms with van der Waals surface area (Å²) < 4.78 is 44.3. The first-order valence-electron chi connectivity index (χ1n) is 8.76. The Hall–Kier alpha value is -2.00. The molecule has 1 aliphatic rings. The van der Waals surface area contributed by atoms with Gasteiger partial charge in [0, 0.05) is 10.2 Å². The molecule has 2 aromatic rings. The molecular weight excluding hydrogens is 471 g/mol. The molecule has 29 heavy (non-hydrogen) atoms. The fourth-order valence-corrected chi connectivity index (χ4v) is 4.91. The summed E-state index contributed by atoms with van der Waals surface area (Å²) in [6.07, 6.45) is -4.45. The number of esters is 1. The predicted molar refractivity (Wildman–Crippen MR) is 107 cm³/mol. The first kappa shape index (κ1) is 21.7. The van der Waals surface area contributed by atoms with Crippen LogP contribution in [0.15, 0.2) is 53.0 Å².